The summed E-state index contributed by atoms with van der Waals surface area (Å²) in [6, 6.07) is 15.8. The molecule has 0 radical (unpaired) electrons. The summed E-state index contributed by atoms with van der Waals surface area (Å²) in [5.74, 6) is -0.152. The van der Waals surface area contributed by atoms with E-state index in [4.69, 9.17) is 10.00 Å². The Morgan fingerprint density at radius 2 is 1.95 bits per heavy atom. The maximum absolute atomic E-state index is 13.3. The molecule has 0 aromatic heterocycles. The van der Waals surface area contributed by atoms with E-state index >= 15 is 0 Å². The van der Waals surface area contributed by atoms with Crippen LogP contribution in [0.5, 0.6) is 5.75 Å². The number of nitrogens with zero attached hydrogens (tertiary/aromatic N) is 1. The number of benzene rings is 2. The molecule has 0 aliphatic carbocycles. The van der Waals surface area contributed by atoms with E-state index in [1.54, 1.807) is 12.1 Å². The van der Waals surface area contributed by atoms with E-state index in [9.17, 15) is 4.39 Å². The fourth-order valence-electron chi connectivity index (χ4n) is 1.57. The molecule has 2 aromatic carbocycles. The largest absolute Gasteiger partial charge is 0.489 e. The van der Waals surface area contributed by atoms with Gasteiger partial charge in [0.15, 0.2) is 0 Å². The average molecular weight is 253 g/mol. The second-order valence-corrected chi connectivity index (χ2v) is 3.88. The number of hydrogen-bond donors (Lipinski definition) is 0. The monoisotopic (exact) mass is 253 g/mol. The molecule has 0 aliphatic rings. The zero-order valence-electron chi connectivity index (χ0n) is 10.2. The van der Waals surface area contributed by atoms with E-state index in [0.717, 1.165) is 5.56 Å². The highest BCUT2D eigenvalue weighted by atomic mass is 19.1. The van der Waals surface area contributed by atoms with E-state index in [1.807, 2.05) is 42.5 Å². The van der Waals surface area contributed by atoms with Gasteiger partial charge in [-0.1, -0.05) is 36.4 Å². The molecule has 0 N–H and O–H groups in total. The van der Waals surface area contributed by atoms with Crippen LogP contribution in [0.15, 0.2) is 54.6 Å². The summed E-state index contributed by atoms with van der Waals surface area (Å²) in [5.41, 5.74) is 1.10. The van der Waals surface area contributed by atoms with Crippen LogP contribution in [0.25, 0.3) is 6.08 Å². The Hall–Kier alpha value is -2.60. The van der Waals surface area contributed by atoms with Crippen molar-refractivity contribution in [2.45, 2.75) is 0 Å². The maximum atomic E-state index is 13.3. The van der Waals surface area contributed by atoms with Crippen LogP contribution in [0.3, 0.4) is 0 Å². The minimum atomic E-state index is -0.563. The fourth-order valence-corrected chi connectivity index (χ4v) is 1.57. The molecule has 0 bridgehead atoms. The fraction of sp³-hybridized carbons (Fsp3) is 0.0625. The van der Waals surface area contributed by atoms with Gasteiger partial charge in [-0.25, -0.2) is 4.39 Å². The van der Waals surface area contributed by atoms with Crippen LogP contribution in [-0.4, -0.2) is 6.61 Å². The molecule has 0 heterocycles. The minimum Gasteiger partial charge on any atom is -0.489 e. The lowest BCUT2D eigenvalue weighted by Gasteiger charge is -2.03. The smallest absolute Gasteiger partial charge is 0.144 e. The van der Waals surface area contributed by atoms with Gasteiger partial charge in [0, 0.05) is 6.07 Å². The Morgan fingerprint density at radius 1 is 1.16 bits per heavy atom. The van der Waals surface area contributed by atoms with Crippen LogP contribution in [0, 0.1) is 17.1 Å². The van der Waals surface area contributed by atoms with Crippen LogP contribution in [-0.2, 0) is 0 Å². The highest BCUT2D eigenvalue weighted by Crippen LogP contribution is 2.16. The summed E-state index contributed by atoms with van der Waals surface area (Å²) in [5, 5.41) is 8.61. The molecule has 0 spiro atoms. The quantitative estimate of drug-likeness (QED) is 0.830. The number of halogens is 1. The molecule has 0 saturated heterocycles. The standard InChI is InChI=1S/C16H12FNO/c17-16-11-15(9-8-14(16)12-18)19-10-4-7-13-5-2-1-3-6-13/h1-9,11H,10H2/b7-4+. The van der Waals surface area contributed by atoms with E-state index in [0.29, 0.717) is 12.4 Å². The zero-order chi connectivity index (χ0) is 13.5. The average Bonchev–Trinajstić information content (AvgIpc) is 2.45. The van der Waals surface area contributed by atoms with Crippen molar-refractivity contribution in [2.75, 3.05) is 6.61 Å². The van der Waals surface area contributed by atoms with Gasteiger partial charge in [-0.2, -0.15) is 5.26 Å². The van der Waals surface area contributed by atoms with E-state index in [2.05, 4.69) is 0 Å². The van der Waals surface area contributed by atoms with E-state index < -0.39 is 5.82 Å². The molecule has 0 saturated carbocycles. The van der Waals surface area contributed by atoms with Crippen LogP contribution in [0.2, 0.25) is 0 Å². The van der Waals surface area contributed by atoms with Gasteiger partial charge in [-0.05, 0) is 23.8 Å². The molecular formula is C16H12FNO. The van der Waals surface area contributed by atoms with Crippen molar-refractivity contribution in [3.63, 3.8) is 0 Å². The predicted octanol–water partition coefficient (Wildman–Crippen LogP) is 3.79. The van der Waals surface area contributed by atoms with Crippen molar-refractivity contribution in [1.82, 2.24) is 0 Å². The first-order chi connectivity index (χ1) is 9.29. The van der Waals surface area contributed by atoms with Crippen LogP contribution in [0.1, 0.15) is 11.1 Å². The van der Waals surface area contributed by atoms with Gasteiger partial charge in [-0.3, -0.25) is 0 Å². The molecule has 0 amide bonds. The summed E-state index contributed by atoms with van der Waals surface area (Å²) in [7, 11) is 0. The molecule has 0 aliphatic heterocycles. The Kier molecular flexibility index (Phi) is 4.30. The molecular weight excluding hydrogens is 241 g/mol. The molecule has 94 valence electrons. The van der Waals surface area contributed by atoms with Crippen molar-refractivity contribution in [3.05, 3.63) is 71.6 Å². The molecule has 2 aromatic rings. The number of nitriles is 1. The molecule has 19 heavy (non-hydrogen) atoms. The third-order valence-corrected chi connectivity index (χ3v) is 2.52. The van der Waals surface area contributed by atoms with Gasteiger partial charge < -0.3 is 4.74 Å². The van der Waals surface area contributed by atoms with Crippen molar-refractivity contribution >= 4 is 6.08 Å². The Bertz CT molecular complexity index is 614. The lowest BCUT2D eigenvalue weighted by atomic mass is 10.2. The van der Waals surface area contributed by atoms with Crippen molar-refractivity contribution in [1.29, 1.82) is 5.26 Å². The highest BCUT2D eigenvalue weighted by molar-refractivity contribution is 5.48. The molecule has 0 atom stereocenters. The van der Waals surface area contributed by atoms with E-state index in [1.165, 1.54) is 12.1 Å². The second-order valence-electron chi connectivity index (χ2n) is 3.88. The van der Waals surface area contributed by atoms with Gasteiger partial charge in [0.25, 0.3) is 0 Å². The third-order valence-electron chi connectivity index (χ3n) is 2.52. The van der Waals surface area contributed by atoms with Crippen molar-refractivity contribution in [2.24, 2.45) is 0 Å². The first-order valence-electron chi connectivity index (χ1n) is 5.83. The topological polar surface area (TPSA) is 33.0 Å². The SMILES string of the molecule is N#Cc1ccc(OC/C=C/c2ccccc2)cc1F. The Morgan fingerprint density at radius 3 is 2.63 bits per heavy atom. The van der Waals surface area contributed by atoms with Crippen LogP contribution in [0.4, 0.5) is 4.39 Å². The zero-order valence-corrected chi connectivity index (χ0v) is 10.2. The normalized spacial score (nSPS) is 10.3. The first-order valence-corrected chi connectivity index (χ1v) is 5.83. The summed E-state index contributed by atoms with van der Waals surface area (Å²) >= 11 is 0. The second kappa shape index (κ2) is 6.36. The summed E-state index contributed by atoms with van der Waals surface area (Å²) in [4.78, 5) is 0. The molecule has 3 heteroatoms. The summed E-state index contributed by atoms with van der Waals surface area (Å²) in [6.07, 6.45) is 3.78. The Balaban J connectivity index is 1.91. The van der Waals surface area contributed by atoms with Crippen molar-refractivity contribution < 1.29 is 9.13 Å². The highest BCUT2D eigenvalue weighted by Gasteiger charge is 2.02. The molecule has 2 rings (SSSR count). The summed E-state index contributed by atoms with van der Waals surface area (Å²) in [6.45, 7) is 0.347. The lowest BCUT2D eigenvalue weighted by molar-refractivity contribution is 0.361. The van der Waals surface area contributed by atoms with Gasteiger partial charge in [0.2, 0.25) is 0 Å². The van der Waals surface area contributed by atoms with Crippen LogP contribution >= 0.6 is 0 Å². The number of ether oxygens (including phenoxy) is 1. The van der Waals surface area contributed by atoms with Gasteiger partial charge in [0.1, 0.15) is 24.2 Å². The third kappa shape index (κ3) is 3.68. The lowest BCUT2D eigenvalue weighted by Crippen LogP contribution is -1.94. The summed E-state index contributed by atoms with van der Waals surface area (Å²) < 4.78 is 18.7. The molecule has 0 fully saturated rings. The van der Waals surface area contributed by atoms with Gasteiger partial charge in [-0.15, -0.1) is 0 Å². The van der Waals surface area contributed by atoms with Crippen molar-refractivity contribution in [3.8, 4) is 11.8 Å². The predicted molar refractivity (Wildman–Crippen MR) is 72.1 cm³/mol. The number of rotatable bonds is 4. The van der Waals surface area contributed by atoms with Gasteiger partial charge >= 0.3 is 0 Å². The van der Waals surface area contributed by atoms with Gasteiger partial charge in [0.05, 0.1) is 5.56 Å². The molecule has 2 nitrogen and oxygen atoms in total. The first kappa shape index (κ1) is 12.8. The number of hydrogen-bond acceptors (Lipinski definition) is 2. The van der Waals surface area contributed by atoms with E-state index in [-0.39, 0.29) is 5.56 Å². The minimum absolute atomic E-state index is 0.0205. The Labute approximate surface area is 111 Å². The van der Waals surface area contributed by atoms with Crippen LogP contribution < -0.4 is 4.74 Å². The maximum Gasteiger partial charge on any atom is 0.144 e. The molecule has 0 unspecified atom stereocenters.